The SMILES string of the molecule is COCCNCc1cn(C2CCOCC2C)cn1. The normalized spacial score (nSPS) is 24.3. The minimum absolute atomic E-state index is 0.527. The summed E-state index contributed by atoms with van der Waals surface area (Å²) in [6, 6.07) is 0.527. The number of rotatable bonds is 6. The molecule has 0 radical (unpaired) electrons. The summed E-state index contributed by atoms with van der Waals surface area (Å²) in [6.07, 6.45) is 5.17. The topological polar surface area (TPSA) is 48.3 Å². The Morgan fingerprint density at radius 1 is 1.61 bits per heavy atom. The third-order valence-electron chi connectivity index (χ3n) is 3.42. The van der Waals surface area contributed by atoms with E-state index in [1.165, 1.54) is 0 Å². The third kappa shape index (κ3) is 3.54. The van der Waals surface area contributed by atoms with E-state index < -0.39 is 0 Å². The van der Waals surface area contributed by atoms with Crippen LogP contribution >= 0.6 is 0 Å². The fraction of sp³-hybridized carbons (Fsp3) is 0.769. The number of hydrogen-bond donors (Lipinski definition) is 1. The summed E-state index contributed by atoms with van der Waals surface area (Å²) < 4.78 is 12.7. The first kappa shape index (κ1) is 13.5. The summed E-state index contributed by atoms with van der Waals surface area (Å²) in [4.78, 5) is 4.44. The van der Waals surface area contributed by atoms with E-state index in [4.69, 9.17) is 9.47 Å². The molecule has 1 fully saturated rings. The van der Waals surface area contributed by atoms with E-state index in [0.29, 0.717) is 12.0 Å². The quantitative estimate of drug-likeness (QED) is 0.774. The first-order valence-corrected chi connectivity index (χ1v) is 6.61. The van der Waals surface area contributed by atoms with E-state index in [-0.39, 0.29) is 0 Å². The van der Waals surface area contributed by atoms with Crippen LogP contribution in [0.5, 0.6) is 0 Å². The van der Waals surface area contributed by atoms with Crippen LogP contribution in [-0.2, 0) is 16.0 Å². The predicted octanol–water partition coefficient (Wildman–Crippen LogP) is 1.22. The van der Waals surface area contributed by atoms with E-state index in [1.54, 1.807) is 7.11 Å². The van der Waals surface area contributed by atoms with Crippen LogP contribution in [0.2, 0.25) is 0 Å². The molecular formula is C13H23N3O2. The number of imidazole rings is 1. The van der Waals surface area contributed by atoms with Gasteiger partial charge in [-0.05, 0) is 6.42 Å². The van der Waals surface area contributed by atoms with Crippen LogP contribution in [-0.4, -0.2) is 43.0 Å². The Balaban J connectivity index is 1.85. The molecule has 5 nitrogen and oxygen atoms in total. The van der Waals surface area contributed by atoms with Crippen molar-refractivity contribution in [3.8, 4) is 0 Å². The van der Waals surface area contributed by atoms with Crippen molar-refractivity contribution in [3.63, 3.8) is 0 Å². The molecule has 0 amide bonds. The van der Waals surface area contributed by atoms with Gasteiger partial charge in [0.25, 0.3) is 0 Å². The number of ether oxygens (including phenoxy) is 2. The molecule has 1 aliphatic heterocycles. The molecule has 102 valence electrons. The van der Waals surface area contributed by atoms with Gasteiger partial charge in [0.15, 0.2) is 0 Å². The van der Waals surface area contributed by atoms with E-state index in [1.807, 2.05) is 6.33 Å². The Morgan fingerprint density at radius 3 is 3.28 bits per heavy atom. The standard InChI is InChI=1S/C13H23N3O2/c1-11-9-18-5-3-13(11)16-8-12(15-10-16)7-14-4-6-17-2/h8,10-11,13-14H,3-7,9H2,1-2H3. The summed E-state index contributed by atoms with van der Waals surface area (Å²) in [5.74, 6) is 0.558. The molecule has 0 bridgehead atoms. The highest BCUT2D eigenvalue weighted by Crippen LogP contribution is 2.26. The molecule has 1 saturated heterocycles. The van der Waals surface area contributed by atoms with Crippen molar-refractivity contribution in [1.29, 1.82) is 0 Å². The van der Waals surface area contributed by atoms with Crippen LogP contribution in [0, 0.1) is 5.92 Å². The molecule has 2 heterocycles. The van der Waals surface area contributed by atoms with Crippen LogP contribution in [0.15, 0.2) is 12.5 Å². The molecule has 2 atom stereocenters. The molecule has 18 heavy (non-hydrogen) atoms. The molecule has 0 saturated carbocycles. The lowest BCUT2D eigenvalue weighted by atomic mass is 9.98. The fourth-order valence-corrected chi connectivity index (χ4v) is 2.35. The number of nitrogens with zero attached hydrogens (tertiary/aromatic N) is 2. The Morgan fingerprint density at radius 2 is 2.50 bits per heavy atom. The first-order chi connectivity index (χ1) is 8.81. The van der Waals surface area contributed by atoms with Crippen molar-refractivity contribution < 1.29 is 9.47 Å². The zero-order chi connectivity index (χ0) is 12.8. The van der Waals surface area contributed by atoms with Crippen molar-refractivity contribution in [2.45, 2.75) is 25.9 Å². The summed E-state index contributed by atoms with van der Waals surface area (Å²) in [7, 11) is 1.71. The van der Waals surface area contributed by atoms with Gasteiger partial charge in [0, 0.05) is 45.0 Å². The Kier molecular flexibility index (Phi) is 5.16. The molecular weight excluding hydrogens is 230 g/mol. The van der Waals surface area contributed by atoms with Crippen LogP contribution in [0.25, 0.3) is 0 Å². The number of hydrogen-bond acceptors (Lipinski definition) is 4. The smallest absolute Gasteiger partial charge is 0.0952 e. The van der Waals surface area contributed by atoms with Crippen LogP contribution in [0.1, 0.15) is 25.1 Å². The Labute approximate surface area is 108 Å². The zero-order valence-corrected chi connectivity index (χ0v) is 11.3. The minimum Gasteiger partial charge on any atom is -0.383 e. The largest absolute Gasteiger partial charge is 0.383 e. The van der Waals surface area contributed by atoms with Crippen LogP contribution in [0.3, 0.4) is 0 Å². The molecule has 1 aliphatic rings. The highest BCUT2D eigenvalue weighted by Gasteiger charge is 2.23. The summed E-state index contributed by atoms with van der Waals surface area (Å²) in [5.41, 5.74) is 1.09. The van der Waals surface area contributed by atoms with Crippen molar-refractivity contribution in [2.24, 2.45) is 5.92 Å². The average molecular weight is 253 g/mol. The van der Waals surface area contributed by atoms with Crippen molar-refractivity contribution in [2.75, 3.05) is 33.5 Å². The van der Waals surface area contributed by atoms with Gasteiger partial charge in [0.1, 0.15) is 0 Å². The maximum Gasteiger partial charge on any atom is 0.0952 e. The number of methoxy groups -OCH3 is 1. The Bertz CT molecular complexity index is 354. The van der Waals surface area contributed by atoms with Gasteiger partial charge in [-0.3, -0.25) is 0 Å². The molecule has 2 unspecified atom stereocenters. The highest BCUT2D eigenvalue weighted by molar-refractivity contribution is 4.98. The third-order valence-corrected chi connectivity index (χ3v) is 3.42. The lowest BCUT2D eigenvalue weighted by Gasteiger charge is -2.29. The van der Waals surface area contributed by atoms with Crippen molar-refractivity contribution >= 4 is 0 Å². The number of aromatic nitrogens is 2. The summed E-state index contributed by atoms with van der Waals surface area (Å²) in [5, 5.41) is 3.30. The summed E-state index contributed by atoms with van der Waals surface area (Å²) >= 11 is 0. The average Bonchev–Trinajstić information content (AvgIpc) is 2.84. The zero-order valence-electron chi connectivity index (χ0n) is 11.3. The van der Waals surface area contributed by atoms with Crippen molar-refractivity contribution in [1.82, 2.24) is 14.9 Å². The van der Waals surface area contributed by atoms with Crippen molar-refractivity contribution in [3.05, 3.63) is 18.2 Å². The van der Waals surface area contributed by atoms with Gasteiger partial charge in [0.2, 0.25) is 0 Å². The minimum atomic E-state index is 0.527. The van der Waals surface area contributed by atoms with Gasteiger partial charge in [-0.15, -0.1) is 0 Å². The van der Waals surface area contributed by atoms with Gasteiger partial charge in [-0.1, -0.05) is 6.92 Å². The highest BCUT2D eigenvalue weighted by atomic mass is 16.5. The molecule has 0 aliphatic carbocycles. The second-order valence-electron chi connectivity index (χ2n) is 4.89. The molecule has 1 N–H and O–H groups in total. The fourth-order valence-electron chi connectivity index (χ4n) is 2.35. The van der Waals surface area contributed by atoms with Crippen LogP contribution in [0.4, 0.5) is 0 Å². The monoisotopic (exact) mass is 253 g/mol. The second-order valence-corrected chi connectivity index (χ2v) is 4.89. The second kappa shape index (κ2) is 6.87. The van der Waals surface area contributed by atoms with Crippen LogP contribution < -0.4 is 5.32 Å². The molecule has 1 aromatic heterocycles. The van der Waals surface area contributed by atoms with Gasteiger partial charge in [-0.25, -0.2) is 4.98 Å². The first-order valence-electron chi connectivity index (χ1n) is 6.61. The van der Waals surface area contributed by atoms with E-state index in [2.05, 4.69) is 28.0 Å². The molecule has 0 aromatic carbocycles. The Hall–Kier alpha value is -0.910. The predicted molar refractivity (Wildman–Crippen MR) is 69.4 cm³/mol. The van der Waals surface area contributed by atoms with E-state index >= 15 is 0 Å². The summed E-state index contributed by atoms with van der Waals surface area (Å²) in [6.45, 7) is 6.34. The van der Waals surface area contributed by atoms with E-state index in [0.717, 1.165) is 45.0 Å². The lowest BCUT2D eigenvalue weighted by Crippen LogP contribution is -2.27. The molecule has 5 heteroatoms. The number of nitrogens with one attached hydrogen (secondary N) is 1. The van der Waals surface area contributed by atoms with Gasteiger partial charge >= 0.3 is 0 Å². The lowest BCUT2D eigenvalue weighted by molar-refractivity contribution is 0.0286. The molecule has 0 spiro atoms. The molecule has 1 aromatic rings. The van der Waals surface area contributed by atoms with E-state index in [9.17, 15) is 0 Å². The van der Waals surface area contributed by atoms with Gasteiger partial charge < -0.3 is 19.4 Å². The maximum absolute atomic E-state index is 5.47. The molecule has 2 rings (SSSR count). The maximum atomic E-state index is 5.47. The van der Waals surface area contributed by atoms with Gasteiger partial charge in [0.05, 0.1) is 25.2 Å². The van der Waals surface area contributed by atoms with Gasteiger partial charge in [-0.2, -0.15) is 0 Å².